The van der Waals surface area contributed by atoms with Crippen LogP contribution in [-0.4, -0.2) is 54.4 Å². The molecule has 46 heavy (non-hydrogen) atoms. The number of hydrogen-bond donors (Lipinski definition) is 1. The van der Waals surface area contributed by atoms with Gasteiger partial charge >= 0.3 is 0 Å². The monoisotopic (exact) mass is 612 g/mol. The molecule has 1 N–H and O–H groups in total. The zero-order valence-corrected chi connectivity index (χ0v) is 26.5. The van der Waals surface area contributed by atoms with Gasteiger partial charge in [0.05, 0.1) is 18.8 Å². The topological polar surface area (TPSA) is 101 Å². The predicted octanol–water partition coefficient (Wildman–Crippen LogP) is 6.23. The Morgan fingerprint density at radius 3 is 2.98 bits per heavy atom. The number of allylic oxidation sites excluding steroid dienone is 2. The number of carbonyl (C=O) groups excluding carboxylic acids is 1. The predicted molar refractivity (Wildman–Crippen MR) is 184 cm³/mol. The molecule has 4 aliphatic rings. The van der Waals surface area contributed by atoms with Crippen LogP contribution in [0.25, 0.3) is 6.08 Å². The lowest BCUT2D eigenvalue weighted by Crippen LogP contribution is -2.31. The second kappa shape index (κ2) is 13.7. The van der Waals surface area contributed by atoms with E-state index in [0.717, 1.165) is 59.2 Å². The van der Waals surface area contributed by atoms with E-state index in [9.17, 15) is 4.79 Å². The number of aromatic nitrogens is 1. The van der Waals surface area contributed by atoms with E-state index in [1.54, 1.807) is 19.5 Å². The van der Waals surface area contributed by atoms with Crippen LogP contribution in [0, 0.1) is 24.7 Å². The van der Waals surface area contributed by atoms with Gasteiger partial charge in [-0.2, -0.15) is 0 Å². The molecule has 0 saturated carbocycles. The van der Waals surface area contributed by atoms with Crippen molar-refractivity contribution < 1.29 is 14.3 Å². The van der Waals surface area contributed by atoms with Crippen molar-refractivity contribution in [1.29, 1.82) is 0 Å². The molecule has 0 spiro atoms. The third-order valence-corrected chi connectivity index (χ3v) is 7.99. The molecule has 1 aromatic carbocycles. The molecular formula is C37H36N6O3. The van der Waals surface area contributed by atoms with Crippen molar-refractivity contribution in [2.75, 3.05) is 29.9 Å². The maximum Gasteiger partial charge on any atom is 0.209 e. The molecule has 2 atom stereocenters. The Morgan fingerprint density at radius 1 is 1.24 bits per heavy atom. The van der Waals surface area contributed by atoms with E-state index in [2.05, 4.69) is 48.8 Å². The van der Waals surface area contributed by atoms with E-state index in [0.29, 0.717) is 36.1 Å². The highest BCUT2D eigenvalue weighted by Gasteiger charge is 2.30. The molecule has 2 aromatic rings. The van der Waals surface area contributed by atoms with Gasteiger partial charge in [0, 0.05) is 48.5 Å². The van der Waals surface area contributed by atoms with Gasteiger partial charge in [0.2, 0.25) is 5.78 Å². The summed E-state index contributed by atoms with van der Waals surface area (Å²) in [6.45, 7) is 9.57. The van der Waals surface area contributed by atoms with E-state index in [1.807, 2.05) is 69.3 Å². The highest BCUT2D eigenvalue weighted by atomic mass is 16.5. The van der Waals surface area contributed by atoms with Crippen molar-refractivity contribution in [3.05, 3.63) is 88.7 Å². The Morgan fingerprint density at radius 2 is 2.13 bits per heavy atom. The van der Waals surface area contributed by atoms with Crippen molar-refractivity contribution in [3.63, 3.8) is 0 Å². The number of pyridine rings is 1. The number of Topliss-reactive ketones (excluding diaryl/α,β-unsaturated/α-hetero) is 1. The first-order chi connectivity index (χ1) is 22.4. The average Bonchev–Trinajstić information content (AvgIpc) is 3.40. The largest absolute Gasteiger partial charge is 0.489 e. The van der Waals surface area contributed by atoms with Crippen molar-refractivity contribution >= 4 is 41.3 Å². The van der Waals surface area contributed by atoms with Crippen molar-refractivity contribution in [3.8, 4) is 23.3 Å². The number of carbonyl (C=O) groups is 1. The third-order valence-electron chi connectivity index (χ3n) is 7.99. The number of ether oxygens (including phenoxy) is 2. The van der Waals surface area contributed by atoms with Crippen LogP contribution in [0.5, 0.6) is 11.5 Å². The Bertz CT molecular complexity index is 1880. The molecule has 0 saturated heterocycles. The van der Waals surface area contributed by atoms with Crippen molar-refractivity contribution in [1.82, 2.24) is 4.98 Å². The fourth-order valence-electron chi connectivity index (χ4n) is 5.66. The van der Waals surface area contributed by atoms with Crippen LogP contribution in [0.4, 0.5) is 11.5 Å². The van der Waals surface area contributed by atoms with Gasteiger partial charge in [0.1, 0.15) is 23.5 Å². The molecule has 4 aliphatic heterocycles. The second-order valence-corrected chi connectivity index (χ2v) is 11.6. The van der Waals surface area contributed by atoms with Crippen LogP contribution in [0.1, 0.15) is 50.4 Å². The van der Waals surface area contributed by atoms with Crippen LogP contribution in [-0.2, 0) is 4.79 Å². The molecule has 9 nitrogen and oxygen atoms in total. The maximum atomic E-state index is 12.3. The summed E-state index contributed by atoms with van der Waals surface area (Å²) in [5.74, 6) is 8.92. The van der Waals surface area contributed by atoms with E-state index >= 15 is 0 Å². The molecule has 2 bridgehead atoms. The van der Waals surface area contributed by atoms with Crippen LogP contribution >= 0.6 is 0 Å². The van der Waals surface area contributed by atoms with E-state index < -0.39 is 0 Å². The lowest BCUT2D eigenvalue weighted by Gasteiger charge is -2.24. The SMILES string of the molecule is CC#CC(=O)CC1=CCCN2C[C@H]1COc1cc3c(nc12)C(Nc1ccc(OC2=C/C(C)=N/C=N\C(C)/C=C\2)c(C)c1)=NC=C=C3. The summed E-state index contributed by atoms with van der Waals surface area (Å²) < 4.78 is 12.6. The normalized spacial score (nSPS) is 23.4. The fourth-order valence-corrected chi connectivity index (χ4v) is 5.66. The maximum absolute atomic E-state index is 12.3. The number of rotatable bonds is 5. The summed E-state index contributed by atoms with van der Waals surface area (Å²) in [6.07, 6.45) is 14.2. The quantitative estimate of drug-likeness (QED) is 0.186. The molecule has 0 aliphatic carbocycles. The molecule has 1 aromatic heterocycles. The van der Waals surface area contributed by atoms with Gasteiger partial charge in [0.15, 0.2) is 17.4 Å². The highest BCUT2D eigenvalue weighted by molar-refractivity contribution is 6.10. The van der Waals surface area contributed by atoms with E-state index in [4.69, 9.17) is 14.5 Å². The van der Waals surface area contributed by atoms with Gasteiger partial charge in [-0.3, -0.25) is 9.79 Å². The zero-order chi connectivity index (χ0) is 32.0. The number of ketones is 1. The third kappa shape index (κ3) is 7.09. The van der Waals surface area contributed by atoms with Gasteiger partial charge < -0.3 is 19.7 Å². The molecule has 232 valence electrons. The molecule has 1 unspecified atom stereocenters. The summed E-state index contributed by atoms with van der Waals surface area (Å²) >= 11 is 0. The van der Waals surface area contributed by atoms with Gasteiger partial charge in [-0.05, 0) is 82.0 Å². The lowest BCUT2D eigenvalue weighted by molar-refractivity contribution is -0.113. The van der Waals surface area contributed by atoms with Crippen LogP contribution in [0.2, 0.25) is 0 Å². The Labute approximate surface area is 269 Å². The standard InChI is InChI=1S/C37H36N6O3/c1-5-8-31(44)19-27-10-7-16-43-21-29(27)22-45-34-20-28-9-6-15-38-36(35(28)42-37(34)43)41-30-12-14-33(24(2)17-30)46-32-13-11-25(3)39-23-40-26(4)18-32/h9-15,17-18,20,23,25,29H,7,16,19,21-22H2,1-4H3,(H,38,41)/b13-11-,32-18+,39-23-,40-26+/t25?,29-/m0/s1. The number of nitrogens with zero attached hydrogens (tertiary/aromatic N) is 5. The summed E-state index contributed by atoms with van der Waals surface area (Å²) in [6, 6.07) is 7.93. The summed E-state index contributed by atoms with van der Waals surface area (Å²) in [7, 11) is 0. The van der Waals surface area contributed by atoms with Gasteiger partial charge in [-0.25, -0.2) is 15.0 Å². The fraction of sp³-hybridized carbons (Fsp3) is 0.297. The highest BCUT2D eigenvalue weighted by Crippen LogP contribution is 2.37. The molecular weight excluding hydrogens is 576 g/mol. The summed E-state index contributed by atoms with van der Waals surface area (Å²) in [5.41, 5.74) is 8.38. The number of anilines is 2. The Hall–Kier alpha value is -5.45. The second-order valence-electron chi connectivity index (χ2n) is 11.6. The van der Waals surface area contributed by atoms with Gasteiger partial charge in [-0.15, -0.1) is 5.73 Å². The summed E-state index contributed by atoms with van der Waals surface area (Å²) in [5, 5.41) is 3.48. The molecule has 5 heterocycles. The van der Waals surface area contributed by atoms with E-state index in [-0.39, 0.29) is 17.7 Å². The van der Waals surface area contributed by atoms with Gasteiger partial charge in [0.25, 0.3) is 0 Å². The molecule has 6 rings (SSSR count). The number of hydrogen-bond acceptors (Lipinski definition) is 9. The first-order valence-electron chi connectivity index (χ1n) is 15.4. The molecule has 9 heteroatoms. The van der Waals surface area contributed by atoms with E-state index in [1.165, 1.54) is 0 Å². The Kier molecular flexibility index (Phi) is 9.09. The molecule has 0 amide bonds. The minimum atomic E-state index is -0.0639. The first-order valence-corrected chi connectivity index (χ1v) is 15.4. The zero-order valence-electron chi connectivity index (χ0n) is 26.5. The van der Waals surface area contributed by atoms with Crippen LogP contribution < -0.4 is 19.7 Å². The first kappa shape index (κ1) is 30.6. The van der Waals surface area contributed by atoms with Gasteiger partial charge in [-0.1, -0.05) is 23.6 Å². The number of benzene rings is 1. The Balaban J connectivity index is 1.23. The number of nitrogens with one attached hydrogen (secondary N) is 1. The van der Waals surface area contributed by atoms with Crippen LogP contribution in [0.3, 0.4) is 0 Å². The molecule has 0 fully saturated rings. The number of aliphatic imine (C=N–C) groups is 3. The smallest absolute Gasteiger partial charge is 0.209 e. The number of amidine groups is 1. The minimum absolute atomic E-state index is 0.00251. The van der Waals surface area contributed by atoms with Crippen molar-refractivity contribution in [2.45, 2.75) is 46.6 Å². The average molecular weight is 613 g/mol. The minimum Gasteiger partial charge on any atom is -0.489 e. The number of fused-ring (bicyclic) bond motifs is 5. The summed E-state index contributed by atoms with van der Waals surface area (Å²) in [4.78, 5) is 33.1. The lowest BCUT2D eigenvalue weighted by atomic mass is 9.95. The number of aryl methyl sites for hydroxylation is 1. The van der Waals surface area contributed by atoms with Crippen molar-refractivity contribution in [2.24, 2.45) is 20.9 Å². The van der Waals surface area contributed by atoms with Crippen LogP contribution in [0.15, 0.2) is 86.8 Å². The molecule has 0 radical (unpaired) electrons.